The molecule has 0 aromatic heterocycles. The average molecular weight is 200 g/mol. The normalized spacial score (nSPS) is 66.0. The minimum absolute atomic E-state index is 0.488. The van der Waals surface area contributed by atoms with Crippen LogP contribution in [-0.2, 0) is 18.9 Å². The van der Waals surface area contributed by atoms with Crippen LogP contribution < -0.4 is 0 Å². The van der Waals surface area contributed by atoms with Crippen LogP contribution in [0.2, 0.25) is 0 Å². The highest BCUT2D eigenvalue weighted by Gasteiger charge is 2.74. The third-order valence-corrected chi connectivity index (χ3v) is 4.01. The van der Waals surface area contributed by atoms with Gasteiger partial charge in [0.2, 0.25) is 0 Å². The fourth-order valence-corrected chi connectivity index (χ4v) is 2.50. The molecule has 0 N–H and O–H groups in total. The zero-order valence-electron chi connectivity index (χ0n) is 9.05. The largest absolute Gasteiger partial charge is 0.344 e. The van der Waals surface area contributed by atoms with Crippen LogP contribution in [0.25, 0.3) is 0 Å². The van der Waals surface area contributed by atoms with E-state index in [1.54, 1.807) is 0 Å². The Bertz CT molecular complexity index is 248. The molecule has 4 nitrogen and oxygen atoms in total. The molecule has 3 heterocycles. The third kappa shape index (κ3) is 0.724. The summed E-state index contributed by atoms with van der Waals surface area (Å²) in [6.45, 7) is 8.84. The Morgan fingerprint density at radius 2 is 1.07 bits per heavy atom. The highest BCUT2D eigenvalue weighted by Crippen LogP contribution is 2.57. The van der Waals surface area contributed by atoms with Gasteiger partial charge in [0.25, 0.3) is 0 Å². The first kappa shape index (κ1) is 9.09. The van der Waals surface area contributed by atoms with Crippen molar-refractivity contribution in [3.05, 3.63) is 0 Å². The fraction of sp³-hybridized carbons (Fsp3) is 1.00. The van der Waals surface area contributed by atoms with E-state index in [1.807, 2.05) is 27.7 Å². The standard InChI is InChI=1S/C10H16O4/c1-7-5-11-10(4,13-7)8(2)6-12-9(7,3)14-8/h5-6H2,1-4H3. The molecule has 3 aliphatic heterocycles. The predicted octanol–water partition coefficient (Wildman–Crippen LogP) is 1.04. The van der Waals surface area contributed by atoms with Crippen LogP contribution in [0, 0.1) is 0 Å². The van der Waals surface area contributed by atoms with Gasteiger partial charge in [-0.3, -0.25) is 0 Å². The minimum atomic E-state index is -0.669. The molecule has 0 radical (unpaired) electrons. The zero-order valence-corrected chi connectivity index (χ0v) is 9.05. The summed E-state index contributed by atoms with van der Waals surface area (Å²) in [6, 6.07) is 0. The van der Waals surface area contributed by atoms with Gasteiger partial charge in [0.15, 0.2) is 11.6 Å². The van der Waals surface area contributed by atoms with Crippen LogP contribution in [0.4, 0.5) is 0 Å². The average Bonchev–Trinajstić information content (AvgIpc) is 2.54. The molecular formula is C10H16O4. The van der Waals surface area contributed by atoms with Gasteiger partial charge in [0.1, 0.15) is 11.2 Å². The Balaban J connectivity index is 2.14. The molecular weight excluding hydrogens is 184 g/mol. The van der Waals surface area contributed by atoms with E-state index < -0.39 is 22.8 Å². The van der Waals surface area contributed by atoms with Crippen LogP contribution in [0.1, 0.15) is 27.7 Å². The number of ether oxygens (including phenoxy) is 4. The van der Waals surface area contributed by atoms with Crippen molar-refractivity contribution in [1.29, 1.82) is 0 Å². The second-order valence-electron chi connectivity index (χ2n) is 5.13. The lowest BCUT2D eigenvalue weighted by Crippen LogP contribution is -2.63. The SMILES string of the molecule is CC12COC(C)(O1)C1(C)COC2(C)O1. The van der Waals surface area contributed by atoms with Gasteiger partial charge in [-0.05, 0) is 27.7 Å². The summed E-state index contributed by atoms with van der Waals surface area (Å²) in [5.74, 6) is -1.34. The van der Waals surface area contributed by atoms with Crippen molar-refractivity contribution in [3.63, 3.8) is 0 Å². The van der Waals surface area contributed by atoms with Gasteiger partial charge in [-0.2, -0.15) is 0 Å². The lowest BCUT2D eigenvalue weighted by atomic mass is 9.93. The minimum Gasteiger partial charge on any atom is -0.344 e. The molecule has 3 rings (SSSR count). The van der Waals surface area contributed by atoms with E-state index in [1.165, 1.54) is 0 Å². The summed E-state index contributed by atoms with van der Waals surface area (Å²) in [4.78, 5) is 0. The van der Waals surface area contributed by atoms with Gasteiger partial charge in [0.05, 0.1) is 13.2 Å². The molecule has 0 aromatic carbocycles. The van der Waals surface area contributed by atoms with E-state index in [0.717, 1.165) is 0 Å². The van der Waals surface area contributed by atoms with E-state index in [4.69, 9.17) is 18.9 Å². The highest BCUT2D eigenvalue weighted by molar-refractivity contribution is 5.12. The van der Waals surface area contributed by atoms with Crippen molar-refractivity contribution in [2.45, 2.75) is 50.5 Å². The molecule has 0 aromatic rings. The fourth-order valence-electron chi connectivity index (χ4n) is 2.50. The lowest BCUT2D eigenvalue weighted by Gasteiger charge is -2.47. The summed E-state index contributed by atoms with van der Waals surface area (Å²) in [6.07, 6.45) is 0. The molecule has 4 heteroatoms. The van der Waals surface area contributed by atoms with E-state index >= 15 is 0 Å². The van der Waals surface area contributed by atoms with Crippen molar-refractivity contribution >= 4 is 0 Å². The van der Waals surface area contributed by atoms with Crippen LogP contribution in [0.3, 0.4) is 0 Å². The van der Waals surface area contributed by atoms with Crippen molar-refractivity contribution in [3.8, 4) is 0 Å². The van der Waals surface area contributed by atoms with Gasteiger partial charge >= 0.3 is 0 Å². The van der Waals surface area contributed by atoms with E-state index in [9.17, 15) is 0 Å². The Morgan fingerprint density at radius 3 is 1.43 bits per heavy atom. The van der Waals surface area contributed by atoms with Gasteiger partial charge in [-0.15, -0.1) is 0 Å². The lowest BCUT2D eigenvalue weighted by molar-refractivity contribution is -0.371. The predicted molar refractivity (Wildman–Crippen MR) is 47.7 cm³/mol. The molecule has 0 spiro atoms. The Labute approximate surface area is 83.5 Å². The van der Waals surface area contributed by atoms with Crippen LogP contribution in [0.5, 0.6) is 0 Å². The molecule has 3 aliphatic rings. The maximum Gasteiger partial charge on any atom is 0.197 e. The summed E-state index contributed by atoms with van der Waals surface area (Å²) in [7, 11) is 0. The maximum atomic E-state index is 5.99. The molecule has 3 saturated heterocycles. The summed E-state index contributed by atoms with van der Waals surface area (Å²) in [5, 5.41) is 0. The number of hydrogen-bond donors (Lipinski definition) is 0. The molecule has 4 atom stereocenters. The van der Waals surface area contributed by atoms with E-state index in [2.05, 4.69) is 0 Å². The molecule has 0 aliphatic carbocycles. The molecule has 0 saturated carbocycles. The molecule has 14 heavy (non-hydrogen) atoms. The monoisotopic (exact) mass is 200 g/mol. The second-order valence-corrected chi connectivity index (χ2v) is 5.13. The van der Waals surface area contributed by atoms with E-state index in [0.29, 0.717) is 13.2 Å². The zero-order chi connectivity index (χ0) is 10.2. The van der Waals surface area contributed by atoms with Crippen molar-refractivity contribution in [1.82, 2.24) is 0 Å². The number of hydrogen-bond acceptors (Lipinski definition) is 4. The maximum absolute atomic E-state index is 5.99. The summed E-state index contributed by atoms with van der Waals surface area (Å²) in [5.41, 5.74) is -0.977. The quantitative estimate of drug-likeness (QED) is 0.585. The molecule has 4 bridgehead atoms. The van der Waals surface area contributed by atoms with Crippen LogP contribution in [-0.4, -0.2) is 36.0 Å². The first-order valence-corrected chi connectivity index (χ1v) is 5.01. The molecule has 80 valence electrons. The Kier molecular flexibility index (Phi) is 1.31. The summed E-state index contributed by atoms with van der Waals surface area (Å²) < 4.78 is 23.5. The molecule has 3 fully saturated rings. The van der Waals surface area contributed by atoms with Gasteiger partial charge in [-0.25, -0.2) is 0 Å². The molecule has 4 unspecified atom stereocenters. The Hall–Kier alpha value is -0.160. The Morgan fingerprint density at radius 1 is 0.714 bits per heavy atom. The van der Waals surface area contributed by atoms with Crippen molar-refractivity contribution < 1.29 is 18.9 Å². The van der Waals surface area contributed by atoms with Crippen molar-refractivity contribution in [2.24, 2.45) is 0 Å². The van der Waals surface area contributed by atoms with Gasteiger partial charge in [-0.1, -0.05) is 0 Å². The highest BCUT2D eigenvalue weighted by atomic mass is 16.9. The smallest absolute Gasteiger partial charge is 0.197 e. The topological polar surface area (TPSA) is 36.9 Å². The van der Waals surface area contributed by atoms with Gasteiger partial charge < -0.3 is 18.9 Å². The number of fused-ring (bicyclic) bond motifs is 6. The number of rotatable bonds is 0. The van der Waals surface area contributed by atoms with Crippen molar-refractivity contribution in [2.75, 3.05) is 13.2 Å². The third-order valence-electron chi connectivity index (χ3n) is 4.01. The first-order valence-electron chi connectivity index (χ1n) is 5.01. The van der Waals surface area contributed by atoms with Crippen LogP contribution in [0.15, 0.2) is 0 Å². The second kappa shape index (κ2) is 2.02. The van der Waals surface area contributed by atoms with Crippen LogP contribution >= 0.6 is 0 Å². The molecule has 0 amide bonds. The van der Waals surface area contributed by atoms with Gasteiger partial charge in [0, 0.05) is 0 Å². The van der Waals surface area contributed by atoms with E-state index in [-0.39, 0.29) is 0 Å². The summed E-state index contributed by atoms with van der Waals surface area (Å²) >= 11 is 0. The first-order chi connectivity index (χ1) is 6.33.